The predicted molar refractivity (Wildman–Crippen MR) is 79.7 cm³/mol. The van der Waals surface area contributed by atoms with Crippen molar-refractivity contribution in [1.82, 2.24) is 0 Å². The summed E-state index contributed by atoms with van der Waals surface area (Å²) in [6.07, 6.45) is 1.51. The number of primary sulfonamides is 1. The molecule has 1 aromatic carbocycles. The van der Waals surface area contributed by atoms with Crippen molar-refractivity contribution in [2.75, 3.05) is 12.4 Å². The van der Waals surface area contributed by atoms with Gasteiger partial charge in [0.25, 0.3) is 5.69 Å². The standard InChI is InChI=1S/C13H20N2O5S/c1-3-4-11(9-21(14,18)19)8-20-12-5-6-13(15(16)17)10(2)7-12/h5-7,11H,3-4,8-9H2,1-2H3,(H2,14,18,19). The second kappa shape index (κ2) is 7.37. The highest BCUT2D eigenvalue weighted by molar-refractivity contribution is 7.89. The van der Waals surface area contributed by atoms with Crippen LogP contribution >= 0.6 is 0 Å². The van der Waals surface area contributed by atoms with Crippen LogP contribution in [0.2, 0.25) is 0 Å². The molecular weight excluding hydrogens is 296 g/mol. The molecule has 21 heavy (non-hydrogen) atoms. The fourth-order valence-corrected chi connectivity index (χ4v) is 3.01. The lowest BCUT2D eigenvalue weighted by Crippen LogP contribution is -2.27. The number of rotatable bonds is 8. The van der Waals surface area contributed by atoms with Gasteiger partial charge in [-0.2, -0.15) is 0 Å². The number of aryl methyl sites for hydroxylation is 1. The smallest absolute Gasteiger partial charge is 0.272 e. The Kier molecular flexibility index (Phi) is 6.10. The fourth-order valence-electron chi connectivity index (χ4n) is 2.09. The van der Waals surface area contributed by atoms with Gasteiger partial charge >= 0.3 is 0 Å². The summed E-state index contributed by atoms with van der Waals surface area (Å²) in [5, 5.41) is 15.8. The van der Waals surface area contributed by atoms with Crippen molar-refractivity contribution >= 4 is 15.7 Å². The summed E-state index contributed by atoms with van der Waals surface area (Å²) < 4.78 is 27.8. The van der Waals surface area contributed by atoms with E-state index in [2.05, 4.69) is 0 Å². The number of sulfonamides is 1. The molecule has 0 heterocycles. The first-order valence-corrected chi connectivity index (χ1v) is 8.32. The van der Waals surface area contributed by atoms with Crippen LogP contribution in [0, 0.1) is 23.0 Å². The molecule has 0 fully saturated rings. The van der Waals surface area contributed by atoms with Crippen molar-refractivity contribution in [1.29, 1.82) is 0 Å². The zero-order valence-corrected chi connectivity index (χ0v) is 12.9. The molecule has 1 aromatic rings. The third kappa shape index (κ3) is 6.09. The summed E-state index contributed by atoms with van der Waals surface area (Å²) in [7, 11) is -3.55. The van der Waals surface area contributed by atoms with Gasteiger partial charge < -0.3 is 4.74 Å². The first-order chi connectivity index (χ1) is 9.73. The Morgan fingerprint density at radius 3 is 2.57 bits per heavy atom. The van der Waals surface area contributed by atoms with Crippen molar-refractivity contribution in [3.8, 4) is 5.75 Å². The number of nitrogens with zero attached hydrogens (tertiary/aromatic N) is 1. The van der Waals surface area contributed by atoms with Crippen LogP contribution < -0.4 is 9.88 Å². The molecule has 2 N–H and O–H groups in total. The zero-order chi connectivity index (χ0) is 16.0. The minimum Gasteiger partial charge on any atom is -0.493 e. The molecule has 0 spiro atoms. The molecule has 1 atom stereocenters. The summed E-state index contributed by atoms with van der Waals surface area (Å²) in [4.78, 5) is 10.3. The Labute approximate surface area is 124 Å². The van der Waals surface area contributed by atoms with Crippen molar-refractivity contribution in [2.24, 2.45) is 11.1 Å². The van der Waals surface area contributed by atoms with Crippen LogP contribution in [-0.2, 0) is 10.0 Å². The molecule has 0 amide bonds. The molecule has 0 bridgehead atoms. The van der Waals surface area contributed by atoms with Gasteiger partial charge in [-0.25, -0.2) is 13.6 Å². The summed E-state index contributed by atoms with van der Waals surface area (Å²) in [5.74, 6) is 0.154. The monoisotopic (exact) mass is 316 g/mol. The van der Waals surface area contributed by atoms with Crippen molar-refractivity contribution in [2.45, 2.75) is 26.7 Å². The first-order valence-electron chi connectivity index (χ1n) is 6.61. The highest BCUT2D eigenvalue weighted by Gasteiger charge is 2.17. The molecule has 1 rings (SSSR count). The summed E-state index contributed by atoms with van der Waals surface area (Å²) in [6.45, 7) is 3.78. The molecule has 0 aliphatic heterocycles. The molecule has 0 radical (unpaired) electrons. The number of ether oxygens (including phenoxy) is 1. The number of hydrogen-bond acceptors (Lipinski definition) is 5. The molecule has 0 saturated carbocycles. The topological polar surface area (TPSA) is 113 Å². The third-order valence-corrected chi connectivity index (χ3v) is 3.95. The van der Waals surface area contributed by atoms with E-state index in [4.69, 9.17) is 9.88 Å². The maximum Gasteiger partial charge on any atom is 0.272 e. The van der Waals surface area contributed by atoms with Crippen LogP contribution in [0.5, 0.6) is 5.75 Å². The normalized spacial score (nSPS) is 12.9. The van der Waals surface area contributed by atoms with Gasteiger partial charge in [0.05, 0.1) is 17.3 Å². The molecule has 0 aliphatic carbocycles. The van der Waals surface area contributed by atoms with Gasteiger partial charge in [0, 0.05) is 17.5 Å². The molecular formula is C13H20N2O5S. The first kappa shape index (κ1) is 17.4. The highest BCUT2D eigenvalue weighted by atomic mass is 32.2. The second-order valence-corrected chi connectivity index (χ2v) is 6.66. The Balaban J connectivity index is 2.72. The number of hydrogen-bond donors (Lipinski definition) is 1. The van der Waals surface area contributed by atoms with E-state index in [0.29, 0.717) is 17.7 Å². The summed E-state index contributed by atoms with van der Waals surface area (Å²) in [6, 6.07) is 4.45. The fraction of sp³-hybridized carbons (Fsp3) is 0.538. The number of nitrogens with two attached hydrogens (primary N) is 1. The average Bonchev–Trinajstić information content (AvgIpc) is 2.34. The minimum atomic E-state index is -3.55. The van der Waals surface area contributed by atoms with E-state index in [1.165, 1.54) is 12.1 Å². The number of nitro benzene ring substituents is 1. The number of nitro groups is 1. The van der Waals surface area contributed by atoms with E-state index in [9.17, 15) is 18.5 Å². The summed E-state index contributed by atoms with van der Waals surface area (Å²) >= 11 is 0. The third-order valence-electron chi connectivity index (χ3n) is 3.02. The molecule has 0 aromatic heterocycles. The van der Waals surface area contributed by atoms with Crippen LogP contribution in [0.25, 0.3) is 0 Å². The van der Waals surface area contributed by atoms with E-state index in [1.807, 2.05) is 6.92 Å². The maximum absolute atomic E-state index is 11.1. The van der Waals surface area contributed by atoms with Gasteiger partial charge in [0.1, 0.15) is 5.75 Å². The average molecular weight is 316 g/mol. The molecule has 0 aliphatic rings. The Bertz CT molecular complexity index is 601. The Hall–Kier alpha value is -1.67. The van der Waals surface area contributed by atoms with Crippen LogP contribution in [0.1, 0.15) is 25.3 Å². The van der Waals surface area contributed by atoms with Crippen LogP contribution in [0.4, 0.5) is 5.69 Å². The van der Waals surface area contributed by atoms with Crippen molar-refractivity contribution in [3.05, 3.63) is 33.9 Å². The van der Waals surface area contributed by atoms with Crippen LogP contribution in [0.3, 0.4) is 0 Å². The minimum absolute atomic E-state index is 0.0250. The SMILES string of the molecule is CCCC(COc1ccc([N+](=O)[O-])c(C)c1)CS(N)(=O)=O. The number of benzene rings is 1. The highest BCUT2D eigenvalue weighted by Crippen LogP contribution is 2.23. The van der Waals surface area contributed by atoms with Crippen molar-refractivity contribution < 1.29 is 18.1 Å². The molecule has 118 valence electrons. The van der Waals surface area contributed by atoms with Gasteiger partial charge in [-0.1, -0.05) is 13.3 Å². The van der Waals surface area contributed by atoms with Gasteiger partial charge in [0.15, 0.2) is 0 Å². The zero-order valence-electron chi connectivity index (χ0n) is 12.1. The van der Waals surface area contributed by atoms with E-state index in [-0.39, 0.29) is 24.0 Å². The predicted octanol–water partition coefficient (Wildman–Crippen LogP) is 1.99. The van der Waals surface area contributed by atoms with Gasteiger partial charge in [0.2, 0.25) is 10.0 Å². The van der Waals surface area contributed by atoms with Crippen molar-refractivity contribution in [3.63, 3.8) is 0 Å². The Morgan fingerprint density at radius 2 is 2.10 bits per heavy atom. The lowest BCUT2D eigenvalue weighted by molar-refractivity contribution is -0.385. The lowest BCUT2D eigenvalue weighted by Gasteiger charge is -2.16. The Morgan fingerprint density at radius 1 is 1.43 bits per heavy atom. The van der Waals surface area contributed by atoms with Crippen LogP contribution in [0.15, 0.2) is 18.2 Å². The van der Waals surface area contributed by atoms with Gasteiger partial charge in [-0.15, -0.1) is 0 Å². The summed E-state index contributed by atoms with van der Waals surface area (Å²) in [5.41, 5.74) is 0.521. The van der Waals surface area contributed by atoms with E-state index in [0.717, 1.165) is 6.42 Å². The molecule has 1 unspecified atom stereocenters. The van der Waals surface area contributed by atoms with E-state index in [1.54, 1.807) is 13.0 Å². The quantitative estimate of drug-likeness (QED) is 0.582. The van der Waals surface area contributed by atoms with E-state index >= 15 is 0 Å². The van der Waals surface area contributed by atoms with E-state index < -0.39 is 14.9 Å². The van der Waals surface area contributed by atoms with Gasteiger partial charge in [-0.3, -0.25) is 10.1 Å². The van der Waals surface area contributed by atoms with Crippen LogP contribution in [-0.4, -0.2) is 25.7 Å². The molecule has 7 nitrogen and oxygen atoms in total. The lowest BCUT2D eigenvalue weighted by atomic mass is 10.1. The molecule has 0 saturated heterocycles. The maximum atomic E-state index is 11.1. The second-order valence-electron chi connectivity index (χ2n) is 5.00. The molecule has 8 heteroatoms. The largest absolute Gasteiger partial charge is 0.493 e. The van der Waals surface area contributed by atoms with Gasteiger partial charge in [-0.05, 0) is 25.5 Å².